The van der Waals surface area contributed by atoms with Crippen molar-refractivity contribution in [3.8, 4) is 11.4 Å². The summed E-state index contributed by atoms with van der Waals surface area (Å²) in [5.41, 5.74) is 2.02. The molecule has 1 heterocycles. The molecular weight excluding hydrogens is 326 g/mol. The maximum atomic E-state index is 12.5. The molecule has 0 bridgehead atoms. The molecule has 24 heavy (non-hydrogen) atoms. The first kappa shape index (κ1) is 16.1. The van der Waals surface area contributed by atoms with E-state index >= 15 is 0 Å². The number of hydrogen-bond acceptors (Lipinski definition) is 5. The molecule has 0 aliphatic carbocycles. The van der Waals surface area contributed by atoms with E-state index in [9.17, 15) is 8.42 Å². The van der Waals surface area contributed by atoms with Gasteiger partial charge in [-0.25, -0.2) is 8.42 Å². The quantitative estimate of drug-likeness (QED) is 0.765. The summed E-state index contributed by atoms with van der Waals surface area (Å²) < 4.78 is 28.8. The SMILES string of the molecule is CC(C)c1ccc(S(=O)(=O)[N-]c2cccc(-c3nn[nH]n3)c2)cc1. The van der Waals surface area contributed by atoms with Crippen LogP contribution in [0.2, 0.25) is 0 Å². The molecule has 0 aliphatic heterocycles. The van der Waals surface area contributed by atoms with Gasteiger partial charge in [-0.15, -0.1) is 15.9 Å². The Kier molecular flexibility index (Phi) is 4.30. The minimum absolute atomic E-state index is 0.164. The Morgan fingerprint density at radius 1 is 1.08 bits per heavy atom. The Labute approximate surface area is 140 Å². The molecule has 0 saturated heterocycles. The lowest BCUT2D eigenvalue weighted by molar-refractivity contribution is 0.603. The third kappa shape index (κ3) is 3.43. The third-order valence-electron chi connectivity index (χ3n) is 3.52. The zero-order valence-electron chi connectivity index (χ0n) is 13.2. The molecule has 3 aromatic rings. The molecule has 2 aromatic carbocycles. The number of aromatic nitrogens is 4. The molecule has 0 amide bonds. The Bertz CT molecular complexity index is 919. The first-order chi connectivity index (χ1) is 11.5. The van der Waals surface area contributed by atoms with Crippen molar-refractivity contribution >= 4 is 15.7 Å². The Hall–Kier alpha value is -2.74. The second kappa shape index (κ2) is 6.40. The van der Waals surface area contributed by atoms with Crippen LogP contribution in [0.1, 0.15) is 25.3 Å². The highest BCUT2D eigenvalue weighted by Crippen LogP contribution is 2.30. The van der Waals surface area contributed by atoms with Crippen molar-refractivity contribution in [3.63, 3.8) is 0 Å². The summed E-state index contributed by atoms with van der Waals surface area (Å²) in [6, 6.07) is 13.4. The summed E-state index contributed by atoms with van der Waals surface area (Å²) in [5.74, 6) is 0.719. The molecule has 0 radical (unpaired) electrons. The largest absolute Gasteiger partial charge is 0.573 e. The van der Waals surface area contributed by atoms with E-state index in [4.69, 9.17) is 0 Å². The van der Waals surface area contributed by atoms with Gasteiger partial charge in [0.25, 0.3) is 0 Å². The van der Waals surface area contributed by atoms with Crippen LogP contribution >= 0.6 is 0 Å². The van der Waals surface area contributed by atoms with Crippen LogP contribution in [0.25, 0.3) is 16.1 Å². The van der Waals surface area contributed by atoms with E-state index in [-0.39, 0.29) is 4.90 Å². The molecule has 0 unspecified atom stereocenters. The number of hydrogen-bond donors (Lipinski definition) is 1. The minimum Gasteiger partial charge on any atom is -0.573 e. The molecule has 1 aromatic heterocycles. The van der Waals surface area contributed by atoms with Crippen LogP contribution in [-0.4, -0.2) is 29.0 Å². The predicted octanol–water partition coefficient (Wildman–Crippen LogP) is 3.38. The van der Waals surface area contributed by atoms with Gasteiger partial charge >= 0.3 is 0 Å². The van der Waals surface area contributed by atoms with Gasteiger partial charge in [0.2, 0.25) is 5.82 Å². The van der Waals surface area contributed by atoms with Crippen molar-refractivity contribution in [1.82, 2.24) is 20.6 Å². The number of aromatic amines is 1. The van der Waals surface area contributed by atoms with Gasteiger partial charge in [0, 0.05) is 5.56 Å². The van der Waals surface area contributed by atoms with Gasteiger partial charge in [-0.1, -0.05) is 50.2 Å². The summed E-state index contributed by atoms with van der Waals surface area (Å²) in [4.78, 5) is 0.164. The van der Waals surface area contributed by atoms with Gasteiger partial charge in [-0.05, 0) is 28.8 Å². The maximum absolute atomic E-state index is 12.5. The number of nitrogens with zero attached hydrogens (tertiary/aromatic N) is 4. The van der Waals surface area contributed by atoms with Crippen LogP contribution in [0.4, 0.5) is 5.69 Å². The zero-order valence-corrected chi connectivity index (χ0v) is 14.0. The van der Waals surface area contributed by atoms with Crippen molar-refractivity contribution in [3.05, 3.63) is 58.8 Å². The standard InChI is InChI=1S/C16H16N5O2S/c1-11(2)12-6-8-15(9-7-12)24(22,23)19-14-5-3-4-13(10-14)16-17-20-21-18-16/h3-11H,1-2H3,(H,17,18,20,21)/q-1. The van der Waals surface area contributed by atoms with E-state index in [1.165, 1.54) is 0 Å². The van der Waals surface area contributed by atoms with E-state index in [0.29, 0.717) is 23.0 Å². The maximum Gasteiger partial charge on any atom is 0.204 e. The molecule has 0 saturated carbocycles. The Morgan fingerprint density at radius 3 is 2.46 bits per heavy atom. The van der Waals surface area contributed by atoms with Crippen LogP contribution in [0.15, 0.2) is 53.4 Å². The number of nitrogens with one attached hydrogen (secondary N) is 1. The van der Waals surface area contributed by atoms with Crippen LogP contribution in [0.3, 0.4) is 0 Å². The summed E-state index contributed by atoms with van der Waals surface area (Å²) in [6.07, 6.45) is 0. The smallest absolute Gasteiger partial charge is 0.204 e. The van der Waals surface area contributed by atoms with Crippen molar-refractivity contribution in [2.24, 2.45) is 0 Å². The second-order valence-electron chi connectivity index (χ2n) is 5.58. The third-order valence-corrected chi connectivity index (χ3v) is 4.84. The van der Waals surface area contributed by atoms with Gasteiger partial charge in [0.05, 0.1) is 4.90 Å². The lowest BCUT2D eigenvalue weighted by Gasteiger charge is -2.22. The normalized spacial score (nSPS) is 11.6. The van der Waals surface area contributed by atoms with Crippen molar-refractivity contribution in [2.75, 3.05) is 0 Å². The van der Waals surface area contributed by atoms with E-state index in [1.807, 2.05) is 12.1 Å². The highest BCUT2D eigenvalue weighted by molar-refractivity contribution is 7.94. The zero-order chi connectivity index (χ0) is 17.2. The summed E-state index contributed by atoms with van der Waals surface area (Å²) in [5, 5.41) is 13.6. The number of tetrazole rings is 1. The molecule has 0 atom stereocenters. The minimum atomic E-state index is -3.78. The summed E-state index contributed by atoms with van der Waals surface area (Å²) in [7, 11) is -3.78. The fourth-order valence-corrected chi connectivity index (χ4v) is 3.18. The lowest BCUT2D eigenvalue weighted by Crippen LogP contribution is -1.98. The molecule has 0 aliphatic rings. The highest BCUT2D eigenvalue weighted by Gasteiger charge is 2.07. The van der Waals surface area contributed by atoms with Crippen LogP contribution in [0.5, 0.6) is 0 Å². The monoisotopic (exact) mass is 342 g/mol. The highest BCUT2D eigenvalue weighted by atomic mass is 32.2. The number of rotatable bonds is 5. The van der Waals surface area contributed by atoms with E-state index in [2.05, 4.69) is 39.2 Å². The Balaban J connectivity index is 1.85. The molecule has 1 N–H and O–H groups in total. The topological polar surface area (TPSA) is 103 Å². The fraction of sp³-hybridized carbons (Fsp3) is 0.188. The fourth-order valence-electron chi connectivity index (χ4n) is 2.20. The van der Waals surface area contributed by atoms with Gasteiger partial charge in [0.1, 0.15) is 10.0 Å². The van der Waals surface area contributed by atoms with Crippen LogP contribution in [0, 0.1) is 0 Å². The molecular formula is C16H16N5O2S-. The van der Waals surface area contributed by atoms with Crippen LogP contribution in [-0.2, 0) is 10.0 Å². The predicted molar refractivity (Wildman–Crippen MR) is 90.3 cm³/mol. The first-order valence-electron chi connectivity index (χ1n) is 7.37. The van der Waals surface area contributed by atoms with E-state index < -0.39 is 10.0 Å². The van der Waals surface area contributed by atoms with Gasteiger partial charge in [0.15, 0.2) is 0 Å². The molecule has 0 fully saturated rings. The molecule has 0 spiro atoms. The van der Waals surface area contributed by atoms with Gasteiger partial charge < -0.3 is 4.72 Å². The van der Waals surface area contributed by atoms with Gasteiger partial charge in [-0.3, -0.25) is 0 Å². The van der Waals surface area contributed by atoms with Gasteiger partial charge in [-0.2, -0.15) is 5.21 Å². The number of sulfonamides is 1. The summed E-state index contributed by atoms with van der Waals surface area (Å²) >= 11 is 0. The average molecular weight is 342 g/mol. The van der Waals surface area contributed by atoms with Crippen molar-refractivity contribution < 1.29 is 8.42 Å². The molecule has 3 rings (SSSR count). The molecule has 124 valence electrons. The van der Waals surface area contributed by atoms with E-state index in [0.717, 1.165) is 5.56 Å². The summed E-state index contributed by atoms with van der Waals surface area (Å²) in [6.45, 7) is 4.11. The average Bonchev–Trinajstić information content (AvgIpc) is 3.09. The van der Waals surface area contributed by atoms with E-state index in [1.54, 1.807) is 36.4 Å². The molecule has 7 nitrogen and oxygen atoms in total. The van der Waals surface area contributed by atoms with Crippen molar-refractivity contribution in [2.45, 2.75) is 24.7 Å². The van der Waals surface area contributed by atoms with Crippen molar-refractivity contribution in [1.29, 1.82) is 0 Å². The van der Waals surface area contributed by atoms with Crippen LogP contribution < -0.4 is 0 Å². The Morgan fingerprint density at radius 2 is 1.83 bits per heavy atom. The lowest BCUT2D eigenvalue weighted by atomic mass is 10.0. The number of benzene rings is 2. The second-order valence-corrected chi connectivity index (χ2v) is 7.18. The number of H-pyrrole nitrogens is 1. The first-order valence-corrected chi connectivity index (χ1v) is 8.81. The molecule has 8 heteroatoms.